The van der Waals surface area contributed by atoms with Crippen LogP contribution in [0.25, 0.3) is 0 Å². The molecule has 0 aliphatic carbocycles. The van der Waals surface area contributed by atoms with E-state index in [0.717, 1.165) is 57.8 Å². The Morgan fingerprint density at radius 3 is 0.685 bits per heavy atom. The van der Waals surface area contributed by atoms with Gasteiger partial charge in [-0.1, -0.05) is 328 Å². The van der Waals surface area contributed by atoms with E-state index >= 15 is 0 Å². The molecular weight excluding hydrogens is 901 g/mol. The molecule has 0 fully saturated rings. The van der Waals surface area contributed by atoms with Gasteiger partial charge in [0.1, 0.15) is 13.2 Å². The first-order chi connectivity index (χ1) is 36.0. The summed E-state index contributed by atoms with van der Waals surface area (Å²) in [5.74, 6) is -0.834. The summed E-state index contributed by atoms with van der Waals surface area (Å²) in [5, 5.41) is 0. The van der Waals surface area contributed by atoms with Gasteiger partial charge >= 0.3 is 17.9 Å². The summed E-state index contributed by atoms with van der Waals surface area (Å²) < 4.78 is 16.9. The zero-order valence-electron chi connectivity index (χ0n) is 49.7. The summed E-state index contributed by atoms with van der Waals surface area (Å²) in [6.07, 6.45) is 73.7. The summed E-state index contributed by atoms with van der Waals surface area (Å²) in [6, 6.07) is 0. The second-order valence-electron chi connectivity index (χ2n) is 22.7. The standard InChI is InChI=1S/C67H128O6/c1-4-7-10-13-16-19-22-24-26-28-30-32-33-35-36-38-40-42-45-48-51-54-57-60-66(69)72-63-64(62-71-65(68)59-56-53-50-47-44-21-18-15-12-9-6-3)73-67(70)61-58-55-52-49-46-43-41-39-37-34-31-29-27-25-23-20-17-14-11-8-5-2/h28,30,64H,4-27,29,31-63H2,1-3H3/b30-28-. The van der Waals surface area contributed by atoms with Gasteiger partial charge < -0.3 is 14.2 Å². The summed E-state index contributed by atoms with van der Waals surface area (Å²) in [6.45, 7) is 6.71. The highest BCUT2D eigenvalue weighted by Gasteiger charge is 2.19. The van der Waals surface area contributed by atoms with Crippen LogP contribution in [0.5, 0.6) is 0 Å². The van der Waals surface area contributed by atoms with Crippen molar-refractivity contribution in [3.63, 3.8) is 0 Å². The number of hydrogen-bond acceptors (Lipinski definition) is 6. The lowest BCUT2D eigenvalue weighted by molar-refractivity contribution is -0.167. The second-order valence-corrected chi connectivity index (χ2v) is 22.7. The van der Waals surface area contributed by atoms with Crippen molar-refractivity contribution in [1.29, 1.82) is 0 Å². The van der Waals surface area contributed by atoms with E-state index in [1.165, 1.54) is 283 Å². The van der Waals surface area contributed by atoms with Gasteiger partial charge in [0, 0.05) is 19.3 Å². The molecule has 0 aromatic rings. The Hall–Kier alpha value is -1.85. The van der Waals surface area contributed by atoms with Gasteiger partial charge in [-0.3, -0.25) is 14.4 Å². The monoisotopic (exact) mass is 1030 g/mol. The third-order valence-electron chi connectivity index (χ3n) is 15.3. The van der Waals surface area contributed by atoms with Gasteiger partial charge in [0.15, 0.2) is 6.10 Å². The molecule has 0 bridgehead atoms. The highest BCUT2D eigenvalue weighted by atomic mass is 16.6. The highest BCUT2D eigenvalue weighted by Crippen LogP contribution is 2.18. The largest absolute Gasteiger partial charge is 0.462 e. The van der Waals surface area contributed by atoms with Crippen molar-refractivity contribution in [3.05, 3.63) is 12.2 Å². The number of carbonyl (C=O) groups excluding carboxylic acids is 3. The topological polar surface area (TPSA) is 78.9 Å². The molecule has 0 heterocycles. The summed E-state index contributed by atoms with van der Waals surface area (Å²) in [4.78, 5) is 38.3. The second kappa shape index (κ2) is 62.7. The van der Waals surface area contributed by atoms with E-state index in [1.54, 1.807) is 0 Å². The molecule has 0 saturated heterocycles. The number of hydrogen-bond donors (Lipinski definition) is 0. The van der Waals surface area contributed by atoms with E-state index < -0.39 is 6.10 Å². The molecule has 0 aromatic heterocycles. The number of allylic oxidation sites excluding steroid dienone is 2. The molecule has 0 spiro atoms. The first-order valence-corrected chi connectivity index (χ1v) is 33.2. The molecule has 0 rings (SSSR count). The zero-order valence-corrected chi connectivity index (χ0v) is 49.7. The van der Waals surface area contributed by atoms with Crippen LogP contribution < -0.4 is 0 Å². The lowest BCUT2D eigenvalue weighted by Gasteiger charge is -2.18. The molecule has 0 saturated carbocycles. The van der Waals surface area contributed by atoms with E-state index in [1.807, 2.05) is 0 Å². The van der Waals surface area contributed by atoms with Crippen molar-refractivity contribution in [2.75, 3.05) is 13.2 Å². The SMILES string of the molecule is CCCCCCCCCC/C=C\CCCCCCCCCCCCCC(=O)OCC(COC(=O)CCCCCCCCCCCCC)OC(=O)CCCCCCCCCCCCCCCCCCCCCCC. The van der Waals surface area contributed by atoms with Crippen molar-refractivity contribution in [2.45, 2.75) is 386 Å². The molecule has 6 heteroatoms. The molecule has 0 N–H and O–H groups in total. The van der Waals surface area contributed by atoms with Gasteiger partial charge in [-0.25, -0.2) is 0 Å². The maximum atomic E-state index is 12.9. The van der Waals surface area contributed by atoms with Crippen LogP contribution in [0.2, 0.25) is 0 Å². The van der Waals surface area contributed by atoms with E-state index in [2.05, 4.69) is 32.9 Å². The Balaban J connectivity index is 4.20. The Morgan fingerprint density at radius 1 is 0.260 bits per heavy atom. The predicted octanol–water partition coefficient (Wildman–Crippen LogP) is 22.4. The summed E-state index contributed by atoms with van der Waals surface area (Å²) >= 11 is 0. The average molecular weight is 1030 g/mol. The molecular formula is C67H128O6. The van der Waals surface area contributed by atoms with E-state index in [9.17, 15) is 14.4 Å². The maximum absolute atomic E-state index is 12.9. The Bertz CT molecular complexity index is 1130. The first kappa shape index (κ1) is 71.2. The number of carbonyl (C=O) groups is 3. The minimum atomic E-state index is -0.765. The molecule has 1 atom stereocenters. The van der Waals surface area contributed by atoms with Crippen molar-refractivity contribution < 1.29 is 28.6 Å². The van der Waals surface area contributed by atoms with Gasteiger partial charge in [0.25, 0.3) is 0 Å². The minimum Gasteiger partial charge on any atom is -0.462 e. The zero-order chi connectivity index (χ0) is 52.9. The maximum Gasteiger partial charge on any atom is 0.306 e. The Kier molecular flexibility index (Phi) is 61.1. The third-order valence-corrected chi connectivity index (χ3v) is 15.3. The van der Waals surface area contributed by atoms with Crippen LogP contribution >= 0.6 is 0 Å². The van der Waals surface area contributed by atoms with Crippen LogP contribution in [-0.4, -0.2) is 37.2 Å². The number of ether oxygens (including phenoxy) is 3. The predicted molar refractivity (Wildman–Crippen MR) is 317 cm³/mol. The van der Waals surface area contributed by atoms with Crippen LogP contribution in [-0.2, 0) is 28.6 Å². The smallest absolute Gasteiger partial charge is 0.306 e. The van der Waals surface area contributed by atoms with Gasteiger partial charge in [-0.05, 0) is 44.9 Å². The summed E-state index contributed by atoms with van der Waals surface area (Å²) in [7, 11) is 0. The fraction of sp³-hybridized carbons (Fsp3) is 0.925. The first-order valence-electron chi connectivity index (χ1n) is 33.2. The molecule has 0 amide bonds. The molecule has 6 nitrogen and oxygen atoms in total. The number of esters is 3. The van der Waals surface area contributed by atoms with Crippen LogP contribution in [0, 0.1) is 0 Å². The molecule has 1 unspecified atom stereocenters. The molecule has 432 valence electrons. The molecule has 0 aliphatic rings. The van der Waals surface area contributed by atoms with Crippen molar-refractivity contribution >= 4 is 17.9 Å². The van der Waals surface area contributed by atoms with Gasteiger partial charge in [-0.15, -0.1) is 0 Å². The van der Waals surface area contributed by atoms with Crippen molar-refractivity contribution in [1.82, 2.24) is 0 Å². The highest BCUT2D eigenvalue weighted by molar-refractivity contribution is 5.71. The lowest BCUT2D eigenvalue weighted by Crippen LogP contribution is -2.30. The quantitative estimate of drug-likeness (QED) is 0.0261. The van der Waals surface area contributed by atoms with Crippen LogP contribution in [0.3, 0.4) is 0 Å². The van der Waals surface area contributed by atoms with Crippen LogP contribution in [0.4, 0.5) is 0 Å². The van der Waals surface area contributed by atoms with Crippen LogP contribution in [0.15, 0.2) is 12.2 Å². The summed E-state index contributed by atoms with van der Waals surface area (Å²) in [5.41, 5.74) is 0. The molecule has 0 aromatic carbocycles. The van der Waals surface area contributed by atoms with Crippen molar-refractivity contribution in [2.24, 2.45) is 0 Å². The Morgan fingerprint density at radius 2 is 0.452 bits per heavy atom. The van der Waals surface area contributed by atoms with Crippen LogP contribution in [0.1, 0.15) is 380 Å². The van der Waals surface area contributed by atoms with E-state index in [0.29, 0.717) is 19.3 Å². The van der Waals surface area contributed by atoms with Gasteiger partial charge in [-0.2, -0.15) is 0 Å². The minimum absolute atomic E-state index is 0.0635. The van der Waals surface area contributed by atoms with Gasteiger partial charge in [0.05, 0.1) is 0 Å². The van der Waals surface area contributed by atoms with E-state index in [-0.39, 0.29) is 31.1 Å². The molecule has 0 aliphatic heterocycles. The number of rotatable bonds is 62. The Labute approximate surface area is 456 Å². The molecule has 0 radical (unpaired) electrons. The average Bonchev–Trinajstić information content (AvgIpc) is 3.39. The normalized spacial score (nSPS) is 12.0. The number of unbranched alkanes of at least 4 members (excludes halogenated alkanes) is 49. The fourth-order valence-electron chi connectivity index (χ4n) is 10.3. The molecule has 73 heavy (non-hydrogen) atoms. The lowest BCUT2D eigenvalue weighted by atomic mass is 10.0. The van der Waals surface area contributed by atoms with E-state index in [4.69, 9.17) is 14.2 Å². The fourth-order valence-corrected chi connectivity index (χ4v) is 10.3. The third kappa shape index (κ3) is 60.9. The van der Waals surface area contributed by atoms with Gasteiger partial charge in [0.2, 0.25) is 0 Å². The van der Waals surface area contributed by atoms with Crippen molar-refractivity contribution in [3.8, 4) is 0 Å².